The second-order valence-electron chi connectivity index (χ2n) is 5.53. The van der Waals surface area contributed by atoms with E-state index in [1.807, 2.05) is 18.2 Å². The van der Waals surface area contributed by atoms with Crippen molar-refractivity contribution in [2.75, 3.05) is 29.9 Å². The summed E-state index contributed by atoms with van der Waals surface area (Å²) in [6, 6.07) is 18.6. The summed E-state index contributed by atoms with van der Waals surface area (Å²) in [6.07, 6.45) is 0.971. The van der Waals surface area contributed by atoms with Crippen molar-refractivity contribution in [1.82, 2.24) is 0 Å². The van der Waals surface area contributed by atoms with E-state index < -0.39 is 0 Å². The number of nitrogens with one attached hydrogen (secondary N) is 1. The minimum absolute atomic E-state index is 0. The van der Waals surface area contributed by atoms with Crippen molar-refractivity contribution in [2.45, 2.75) is 20.3 Å². The summed E-state index contributed by atoms with van der Waals surface area (Å²) in [6.45, 7) is 6.91. The summed E-state index contributed by atoms with van der Waals surface area (Å²) >= 11 is 0. The Bertz CT molecular complexity index is 611. The van der Waals surface area contributed by atoms with Gasteiger partial charge in [0, 0.05) is 31.0 Å². The van der Waals surface area contributed by atoms with Gasteiger partial charge in [-0.15, -0.1) is 24.0 Å². The van der Waals surface area contributed by atoms with Gasteiger partial charge in [0.05, 0.1) is 0 Å². The van der Waals surface area contributed by atoms with Crippen LogP contribution in [-0.2, 0) is 0 Å². The molecule has 0 spiro atoms. The Balaban J connectivity index is 0.00000288. The van der Waals surface area contributed by atoms with E-state index in [2.05, 4.69) is 65.5 Å². The molecule has 0 heterocycles. The van der Waals surface area contributed by atoms with Crippen molar-refractivity contribution >= 4 is 41.3 Å². The van der Waals surface area contributed by atoms with Crippen LogP contribution in [0, 0.1) is 6.92 Å². The number of halogens is 1. The molecule has 0 saturated heterocycles. The van der Waals surface area contributed by atoms with Gasteiger partial charge in [-0.1, -0.05) is 35.9 Å². The molecule has 3 N–H and O–H groups in total. The van der Waals surface area contributed by atoms with Gasteiger partial charge in [0.1, 0.15) is 0 Å². The number of aryl methyl sites for hydroxylation is 1. The number of guanidine groups is 1. The van der Waals surface area contributed by atoms with Gasteiger partial charge in [0.2, 0.25) is 0 Å². The fraction of sp³-hybridized carbons (Fsp3) is 0.316. The van der Waals surface area contributed by atoms with E-state index in [0.717, 1.165) is 25.2 Å². The zero-order chi connectivity index (χ0) is 16.5. The minimum Gasteiger partial charge on any atom is -0.372 e. The van der Waals surface area contributed by atoms with E-state index in [0.29, 0.717) is 12.5 Å². The summed E-state index contributed by atoms with van der Waals surface area (Å²) < 4.78 is 0. The lowest BCUT2D eigenvalue weighted by Gasteiger charge is -2.22. The summed E-state index contributed by atoms with van der Waals surface area (Å²) in [5.74, 6) is 0.469. The van der Waals surface area contributed by atoms with Crippen LogP contribution < -0.4 is 16.0 Å². The molecule has 0 amide bonds. The Labute approximate surface area is 162 Å². The number of rotatable bonds is 7. The average Bonchev–Trinajstić information content (AvgIpc) is 2.58. The Morgan fingerprint density at radius 1 is 1.08 bits per heavy atom. The fourth-order valence-electron chi connectivity index (χ4n) is 2.39. The van der Waals surface area contributed by atoms with Crippen LogP contribution in [0.2, 0.25) is 0 Å². The molecule has 2 rings (SSSR count). The highest BCUT2D eigenvalue weighted by Gasteiger charge is 2.02. The smallest absolute Gasteiger partial charge is 0.193 e. The molecule has 0 aliphatic rings. The molecule has 4 nitrogen and oxygen atoms in total. The molecule has 0 radical (unpaired) electrons. The normalized spacial score (nSPS) is 10.8. The first-order chi connectivity index (χ1) is 11.2. The standard InChI is InChI=1S/C19H26N4.HI/c1-3-23(18-8-5-4-6-9-18)15-7-14-21-19(20)22-17-12-10-16(2)11-13-17;/h4-6,8-13H,3,7,14-15H2,1-2H3,(H3,20,21,22);1H. The molecule has 130 valence electrons. The number of nitrogens with zero attached hydrogens (tertiary/aromatic N) is 2. The third-order valence-corrected chi connectivity index (χ3v) is 3.70. The zero-order valence-electron chi connectivity index (χ0n) is 14.4. The molecule has 0 bridgehead atoms. The highest BCUT2D eigenvalue weighted by atomic mass is 127. The van der Waals surface area contributed by atoms with Gasteiger partial charge in [-0.2, -0.15) is 0 Å². The lowest BCUT2D eigenvalue weighted by molar-refractivity contribution is 0.755. The first-order valence-corrected chi connectivity index (χ1v) is 8.12. The number of aliphatic imine (C=N–C) groups is 1. The van der Waals surface area contributed by atoms with Crippen LogP contribution in [0.25, 0.3) is 0 Å². The number of hydrogen-bond donors (Lipinski definition) is 2. The van der Waals surface area contributed by atoms with E-state index in [9.17, 15) is 0 Å². The molecule has 0 aliphatic heterocycles. The molecule has 0 aliphatic carbocycles. The van der Waals surface area contributed by atoms with Crippen molar-refractivity contribution in [3.05, 3.63) is 60.2 Å². The summed E-state index contributed by atoms with van der Waals surface area (Å²) in [7, 11) is 0. The largest absolute Gasteiger partial charge is 0.372 e. The van der Waals surface area contributed by atoms with Crippen LogP contribution in [-0.4, -0.2) is 25.6 Å². The van der Waals surface area contributed by atoms with Crippen LogP contribution >= 0.6 is 24.0 Å². The molecular formula is C19H27IN4. The second kappa shape index (κ2) is 10.9. The average molecular weight is 438 g/mol. The van der Waals surface area contributed by atoms with Crippen LogP contribution in [0.15, 0.2) is 59.6 Å². The van der Waals surface area contributed by atoms with Gasteiger partial charge >= 0.3 is 0 Å². The summed E-state index contributed by atoms with van der Waals surface area (Å²) in [5, 5.41) is 3.12. The van der Waals surface area contributed by atoms with E-state index >= 15 is 0 Å². The minimum atomic E-state index is 0. The third kappa shape index (κ3) is 6.78. The van der Waals surface area contributed by atoms with Crippen LogP contribution in [0.5, 0.6) is 0 Å². The van der Waals surface area contributed by atoms with Gasteiger partial charge in [-0.3, -0.25) is 4.99 Å². The predicted molar refractivity (Wildman–Crippen MR) is 116 cm³/mol. The third-order valence-electron chi connectivity index (χ3n) is 3.70. The van der Waals surface area contributed by atoms with Crippen molar-refractivity contribution in [3.8, 4) is 0 Å². The topological polar surface area (TPSA) is 53.6 Å². The Morgan fingerprint density at radius 2 is 1.75 bits per heavy atom. The molecule has 0 unspecified atom stereocenters. The van der Waals surface area contributed by atoms with E-state index in [-0.39, 0.29) is 24.0 Å². The van der Waals surface area contributed by atoms with Crippen molar-refractivity contribution in [3.63, 3.8) is 0 Å². The lowest BCUT2D eigenvalue weighted by atomic mass is 10.2. The fourth-order valence-corrected chi connectivity index (χ4v) is 2.39. The van der Waals surface area contributed by atoms with E-state index in [1.165, 1.54) is 11.3 Å². The van der Waals surface area contributed by atoms with Crippen molar-refractivity contribution < 1.29 is 0 Å². The molecule has 0 aromatic heterocycles. The van der Waals surface area contributed by atoms with Gasteiger partial charge in [-0.05, 0) is 44.5 Å². The maximum Gasteiger partial charge on any atom is 0.193 e. The molecule has 0 saturated carbocycles. The molecular weight excluding hydrogens is 411 g/mol. The number of benzene rings is 2. The predicted octanol–water partition coefficient (Wildman–Crippen LogP) is 4.26. The Hall–Kier alpha value is -1.76. The molecule has 0 fully saturated rings. The first-order valence-electron chi connectivity index (χ1n) is 8.12. The van der Waals surface area contributed by atoms with Crippen LogP contribution in [0.4, 0.5) is 11.4 Å². The molecule has 24 heavy (non-hydrogen) atoms. The second-order valence-corrected chi connectivity index (χ2v) is 5.53. The maximum atomic E-state index is 5.93. The van der Waals surface area contributed by atoms with Gasteiger partial charge in [0.25, 0.3) is 0 Å². The van der Waals surface area contributed by atoms with Gasteiger partial charge < -0.3 is 16.0 Å². The zero-order valence-corrected chi connectivity index (χ0v) is 16.7. The van der Waals surface area contributed by atoms with Crippen molar-refractivity contribution in [1.29, 1.82) is 0 Å². The van der Waals surface area contributed by atoms with E-state index in [1.54, 1.807) is 0 Å². The van der Waals surface area contributed by atoms with Crippen LogP contribution in [0.1, 0.15) is 18.9 Å². The highest BCUT2D eigenvalue weighted by Crippen LogP contribution is 2.13. The van der Waals surface area contributed by atoms with Gasteiger partial charge in [-0.25, -0.2) is 0 Å². The summed E-state index contributed by atoms with van der Waals surface area (Å²) in [4.78, 5) is 6.74. The Kier molecular flexibility index (Phi) is 9.22. The molecule has 0 atom stereocenters. The van der Waals surface area contributed by atoms with Crippen molar-refractivity contribution in [2.24, 2.45) is 10.7 Å². The number of anilines is 2. The number of para-hydroxylation sites is 1. The maximum absolute atomic E-state index is 5.93. The van der Waals surface area contributed by atoms with Crippen LogP contribution in [0.3, 0.4) is 0 Å². The number of nitrogens with two attached hydrogens (primary N) is 1. The summed E-state index contributed by atoms with van der Waals surface area (Å²) in [5.41, 5.74) is 9.38. The number of hydrogen-bond acceptors (Lipinski definition) is 2. The first kappa shape index (κ1) is 20.3. The Morgan fingerprint density at radius 3 is 2.38 bits per heavy atom. The SMILES string of the molecule is CCN(CCCN=C(N)Nc1ccc(C)cc1)c1ccccc1.I. The molecule has 2 aromatic carbocycles. The molecule has 2 aromatic rings. The monoisotopic (exact) mass is 438 g/mol. The lowest BCUT2D eigenvalue weighted by Crippen LogP contribution is -2.26. The quantitative estimate of drug-likeness (QED) is 0.294. The highest BCUT2D eigenvalue weighted by molar-refractivity contribution is 14.0. The molecule has 5 heteroatoms. The van der Waals surface area contributed by atoms with E-state index in [4.69, 9.17) is 5.73 Å². The van der Waals surface area contributed by atoms with Gasteiger partial charge in [0.15, 0.2) is 5.96 Å².